The number of rotatable bonds is 6. The van der Waals surface area contributed by atoms with Gasteiger partial charge >= 0.3 is 0 Å². The Morgan fingerprint density at radius 3 is 2.13 bits per heavy atom. The zero-order chi connectivity index (χ0) is 44.4. The van der Waals surface area contributed by atoms with Gasteiger partial charge in [-0.05, 0) is 130 Å². The number of anilines is 2. The van der Waals surface area contributed by atoms with Crippen LogP contribution >= 0.6 is 34.4 Å². The standard InChI is InChI=1S/C63H51NS3/c1-63(2)54-21-6-3-14-53(54)58-55(63)37-36-52-51-20-11-17-46(61(51)67-62(52)58)40-28-34-43(35-29-40)64(41-30-24-38(25-31-41)44-15-9-18-49-47-12-4-7-22-56(47)65-59(44)49)42-32-26-39(27-33-42)45-16-10-19-50-48-13-5-8-23-57(48)66-60(45)50/h3-7,9,11-15,17-18,20-22,24,26-30,32-38,41,50H,8,10,16,19,23,25,31H2,1-2H3. The van der Waals surface area contributed by atoms with Crippen LogP contribution in [0.4, 0.5) is 11.4 Å². The molecule has 0 saturated carbocycles. The second-order valence-electron chi connectivity index (χ2n) is 20.0. The highest BCUT2D eigenvalue weighted by Gasteiger charge is 2.38. The van der Waals surface area contributed by atoms with E-state index in [2.05, 4.69) is 200 Å². The summed E-state index contributed by atoms with van der Waals surface area (Å²) in [5.41, 5.74) is 16.8. The molecule has 1 nitrogen and oxygen atoms in total. The lowest BCUT2D eigenvalue weighted by molar-refractivity contribution is 0.588. The van der Waals surface area contributed by atoms with E-state index in [0.717, 1.165) is 12.8 Å². The van der Waals surface area contributed by atoms with Crippen LogP contribution in [0.25, 0.3) is 68.2 Å². The Balaban J connectivity index is 0.836. The number of nitrogens with zero attached hydrogens (tertiary/aromatic N) is 1. The SMILES string of the molecule is CC1(C)c2ccccc2-c2c1ccc1c2sc2c(-c3ccc(N(c4ccc(C5=C6SC7=C(C=CCC7)C6CCC5)cc4)C4C=CC(c5cccc6c5sc5ccccc56)CC4)cc3)cccc21. The van der Waals surface area contributed by atoms with Crippen LogP contribution < -0.4 is 4.90 Å². The lowest BCUT2D eigenvalue weighted by Gasteiger charge is -2.36. The van der Waals surface area contributed by atoms with Gasteiger partial charge in [-0.3, -0.25) is 0 Å². The molecule has 2 aromatic heterocycles. The molecule has 3 atom stereocenters. The molecule has 4 heteroatoms. The van der Waals surface area contributed by atoms with E-state index in [1.807, 2.05) is 22.7 Å². The van der Waals surface area contributed by atoms with Crippen LogP contribution in [0.1, 0.15) is 87.0 Å². The minimum absolute atomic E-state index is 0.0105. The van der Waals surface area contributed by atoms with Gasteiger partial charge in [0.2, 0.25) is 0 Å². The zero-order valence-electron chi connectivity index (χ0n) is 38.0. The predicted molar refractivity (Wildman–Crippen MR) is 292 cm³/mol. The molecule has 0 bridgehead atoms. The maximum atomic E-state index is 2.62. The Labute approximate surface area is 405 Å². The third-order valence-electron chi connectivity index (χ3n) is 16.0. The van der Waals surface area contributed by atoms with Crippen LogP contribution in [0.15, 0.2) is 185 Å². The first-order valence-electron chi connectivity index (χ1n) is 24.5. The van der Waals surface area contributed by atoms with E-state index in [1.165, 1.54) is 128 Å². The molecule has 0 saturated heterocycles. The average molecular weight is 918 g/mol. The summed E-state index contributed by atoms with van der Waals surface area (Å²) in [5.74, 6) is 0.991. The molecule has 0 amide bonds. The lowest BCUT2D eigenvalue weighted by atomic mass is 9.81. The van der Waals surface area contributed by atoms with Crippen molar-refractivity contribution in [3.05, 3.63) is 208 Å². The first-order chi connectivity index (χ1) is 33.0. The van der Waals surface area contributed by atoms with Crippen molar-refractivity contribution >= 4 is 91.7 Å². The first kappa shape index (κ1) is 40.2. The molecule has 326 valence electrons. The lowest BCUT2D eigenvalue weighted by Crippen LogP contribution is -2.31. The fourth-order valence-corrected chi connectivity index (χ4v) is 16.9. The number of allylic oxidation sites excluding steroid dienone is 7. The first-order valence-corrected chi connectivity index (χ1v) is 26.9. The molecule has 3 heterocycles. The van der Waals surface area contributed by atoms with E-state index in [4.69, 9.17) is 0 Å². The largest absolute Gasteiger partial charge is 0.335 e. The zero-order valence-corrected chi connectivity index (χ0v) is 40.5. The second-order valence-corrected chi connectivity index (χ2v) is 23.2. The molecule has 0 fully saturated rings. The van der Waals surface area contributed by atoms with Crippen LogP contribution in [0.2, 0.25) is 0 Å². The highest BCUT2D eigenvalue weighted by Crippen LogP contribution is 2.57. The van der Waals surface area contributed by atoms with E-state index in [0.29, 0.717) is 11.8 Å². The molecule has 0 radical (unpaired) electrons. The quantitative estimate of drug-likeness (QED) is 0.153. The minimum Gasteiger partial charge on any atom is -0.335 e. The summed E-state index contributed by atoms with van der Waals surface area (Å²) in [5, 5.41) is 5.49. The molecule has 7 aromatic carbocycles. The third kappa shape index (κ3) is 6.25. The van der Waals surface area contributed by atoms with Gasteiger partial charge < -0.3 is 4.90 Å². The summed E-state index contributed by atoms with van der Waals surface area (Å²) < 4.78 is 5.60. The molecule has 67 heavy (non-hydrogen) atoms. The maximum Gasteiger partial charge on any atom is 0.0522 e. The summed E-state index contributed by atoms with van der Waals surface area (Å²) >= 11 is 6.04. The molecule has 1 aliphatic heterocycles. The van der Waals surface area contributed by atoms with Crippen molar-refractivity contribution in [2.45, 2.75) is 76.2 Å². The van der Waals surface area contributed by atoms with E-state index in [-0.39, 0.29) is 11.5 Å². The smallest absolute Gasteiger partial charge is 0.0522 e. The summed E-state index contributed by atoms with van der Waals surface area (Å²) in [4.78, 5) is 5.88. The average Bonchev–Trinajstić information content (AvgIpc) is 4.13. The van der Waals surface area contributed by atoms with E-state index in [9.17, 15) is 0 Å². The fourth-order valence-electron chi connectivity index (χ4n) is 12.6. The van der Waals surface area contributed by atoms with Crippen molar-refractivity contribution in [1.82, 2.24) is 0 Å². The fraction of sp³-hybridized carbons (Fsp3) is 0.206. The van der Waals surface area contributed by atoms with Crippen molar-refractivity contribution in [2.75, 3.05) is 4.90 Å². The normalized spacial score (nSPS) is 20.5. The molecule has 0 N–H and O–H groups in total. The van der Waals surface area contributed by atoms with Crippen molar-refractivity contribution in [3.8, 4) is 22.3 Å². The van der Waals surface area contributed by atoms with Gasteiger partial charge in [0, 0.05) is 79.4 Å². The van der Waals surface area contributed by atoms with Crippen molar-refractivity contribution in [3.63, 3.8) is 0 Å². The predicted octanol–water partition coefficient (Wildman–Crippen LogP) is 18.9. The molecular weight excluding hydrogens is 867 g/mol. The Bertz CT molecular complexity index is 3630. The van der Waals surface area contributed by atoms with Crippen LogP contribution in [0, 0.1) is 5.92 Å². The molecular formula is C63H51NS3. The summed E-state index contributed by atoms with van der Waals surface area (Å²) in [7, 11) is 0. The highest BCUT2D eigenvalue weighted by atomic mass is 32.2. The summed E-state index contributed by atoms with van der Waals surface area (Å²) in [6.07, 6.45) is 18.2. The van der Waals surface area contributed by atoms with Gasteiger partial charge in [-0.1, -0.05) is 165 Å². The molecule has 5 aliphatic rings. The van der Waals surface area contributed by atoms with E-state index < -0.39 is 0 Å². The van der Waals surface area contributed by atoms with Crippen LogP contribution in [0.3, 0.4) is 0 Å². The second kappa shape index (κ2) is 15.6. The number of benzene rings is 7. The Morgan fingerprint density at radius 2 is 1.30 bits per heavy atom. The van der Waals surface area contributed by atoms with Crippen molar-refractivity contribution in [1.29, 1.82) is 0 Å². The highest BCUT2D eigenvalue weighted by molar-refractivity contribution is 8.07. The van der Waals surface area contributed by atoms with Crippen LogP contribution in [-0.2, 0) is 5.41 Å². The van der Waals surface area contributed by atoms with Crippen LogP contribution in [-0.4, -0.2) is 6.04 Å². The number of fused-ring (bicyclic) bond motifs is 12. The van der Waals surface area contributed by atoms with Crippen LogP contribution in [0.5, 0.6) is 0 Å². The van der Waals surface area contributed by atoms with E-state index >= 15 is 0 Å². The molecule has 9 aromatic rings. The number of hydrogen-bond donors (Lipinski definition) is 0. The molecule has 3 unspecified atom stereocenters. The summed E-state index contributed by atoms with van der Waals surface area (Å²) in [6, 6.07) is 56.1. The molecule has 0 spiro atoms. The number of thiophene rings is 2. The van der Waals surface area contributed by atoms with Crippen molar-refractivity contribution in [2.24, 2.45) is 5.92 Å². The monoisotopic (exact) mass is 917 g/mol. The van der Waals surface area contributed by atoms with Gasteiger partial charge in [0.05, 0.1) is 6.04 Å². The number of hydrogen-bond acceptors (Lipinski definition) is 4. The van der Waals surface area contributed by atoms with Gasteiger partial charge in [-0.2, -0.15) is 0 Å². The topological polar surface area (TPSA) is 3.24 Å². The molecule has 4 aliphatic carbocycles. The Kier molecular flexibility index (Phi) is 9.34. The van der Waals surface area contributed by atoms with E-state index in [1.54, 1.807) is 21.0 Å². The van der Waals surface area contributed by atoms with Crippen molar-refractivity contribution < 1.29 is 0 Å². The minimum atomic E-state index is -0.0105. The Hall–Kier alpha value is -5.91. The van der Waals surface area contributed by atoms with Gasteiger partial charge in [0.15, 0.2) is 0 Å². The third-order valence-corrected chi connectivity index (χ3v) is 19.9. The van der Waals surface area contributed by atoms with Gasteiger partial charge in [0.1, 0.15) is 0 Å². The van der Waals surface area contributed by atoms with Gasteiger partial charge in [-0.15, -0.1) is 22.7 Å². The number of thioether (sulfide) groups is 1. The van der Waals surface area contributed by atoms with Gasteiger partial charge in [0.25, 0.3) is 0 Å². The maximum absolute atomic E-state index is 2.62. The Morgan fingerprint density at radius 1 is 0.567 bits per heavy atom. The van der Waals surface area contributed by atoms with Gasteiger partial charge in [-0.25, -0.2) is 0 Å². The summed E-state index contributed by atoms with van der Waals surface area (Å²) in [6.45, 7) is 4.77. The molecule has 14 rings (SSSR count).